The lowest BCUT2D eigenvalue weighted by molar-refractivity contribution is 0.0963. The fourth-order valence-corrected chi connectivity index (χ4v) is 2.58. The average molecular weight is 268 g/mol. The smallest absolute Gasteiger partial charge is 0.133 e. The van der Waals surface area contributed by atoms with Gasteiger partial charge in [0.2, 0.25) is 0 Å². The molecule has 0 amide bonds. The fraction of sp³-hybridized carbons (Fsp3) is 0.643. The van der Waals surface area contributed by atoms with Crippen LogP contribution in [0.5, 0.6) is 0 Å². The topological polar surface area (TPSA) is 19.4 Å². The lowest BCUT2D eigenvalue weighted by Gasteiger charge is -2.37. The molecule has 100 valence electrons. The summed E-state index contributed by atoms with van der Waals surface area (Å²) in [6.07, 6.45) is 2.97. The molecule has 18 heavy (non-hydrogen) atoms. The van der Waals surface area contributed by atoms with Gasteiger partial charge in [-0.15, -0.1) is 0 Å². The van der Waals surface area contributed by atoms with Gasteiger partial charge >= 0.3 is 0 Å². The minimum Gasteiger partial charge on any atom is -0.298 e. The van der Waals surface area contributed by atoms with E-state index in [9.17, 15) is 0 Å². The summed E-state index contributed by atoms with van der Waals surface area (Å²) >= 11 is 6.10. The second-order valence-electron chi connectivity index (χ2n) is 5.02. The van der Waals surface area contributed by atoms with Crippen molar-refractivity contribution in [2.24, 2.45) is 0 Å². The van der Waals surface area contributed by atoms with Gasteiger partial charge in [-0.25, -0.2) is 4.98 Å². The molecule has 4 heteroatoms. The molecule has 1 fully saturated rings. The molecule has 2 heterocycles. The van der Waals surface area contributed by atoms with E-state index in [1.165, 1.54) is 6.42 Å². The molecular weight excluding hydrogens is 246 g/mol. The van der Waals surface area contributed by atoms with E-state index in [1.807, 2.05) is 6.07 Å². The molecule has 3 nitrogen and oxygen atoms in total. The van der Waals surface area contributed by atoms with Crippen LogP contribution >= 0.6 is 11.6 Å². The largest absolute Gasteiger partial charge is 0.298 e. The van der Waals surface area contributed by atoms with E-state index < -0.39 is 0 Å². The van der Waals surface area contributed by atoms with Crippen LogP contribution in [0.3, 0.4) is 0 Å². The van der Waals surface area contributed by atoms with Gasteiger partial charge in [0.15, 0.2) is 0 Å². The third kappa shape index (κ3) is 3.44. The van der Waals surface area contributed by atoms with E-state index in [4.69, 9.17) is 11.6 Å². The first-order chi connectivity index (χ1) is 8.70. The molecule has 0 aromatic carbocycles. The van der Waals surface area contributed by atoms with Gasteiger partial charge in [0.25, 0.3) is 0 Å². The monoisotopic (exact) mass is 267 g/mol. The molecule has 1 aliphatic heterocycles. The molecule has 0 bridgehead atoms. The minimum absolute atomic E-state index is 0.641. The molecule has 1 aliphatic rings. The van der Waals surface area contributed by atoms with Crippen molar-refractivity contribution >= 4 is 11.6 Å². The van der Waals surface area contributed by atoms with Crippen molar-refractivity contribution in [3.63, 3.8) is 0 Å². The number of nitrogens with zero attached hydrogens (tertiary/aromatic N) is 3. The Kier molecular flexibility index (Phi) is 4.98. The Labute approximate surface area is 115 Å². The molecule has 1 aromatic heterocycles. The van der Waals surface area contributed by atoms with Crippen molar-refractivity contribution in [1.82, 2.24) is 14.8 Å². The van der Waals surface area contributed by atoms with Crippen LogP contribution < -0.4 is 0 Å². The zero-order chi connectivity index (χ0) is 13.0. The Morgan fingerprint density at radius 3 is 2.67 bits per heavy atom. The highest BCUT2D eigenvalue weighted by atomic mass is 35.5. The first kappa shape index (κ1) is 13.8. The highest BCUT2D eigenvalue weighted by Crippen LogP contribution is 2.16. The zero-order valence-corrected chi connectivity index (χ0v) is 12.0. The Bertz CT molecular complexity index is 375. The van der Waals surface area contributed by atoms with Crippen LogP contribution in [0.1, 0.15) is 25.8 Å². The summed E-state index contributed by atoms with van der Waals surface area (Å²) in [6.45, 7) is 10.0. The van der Waals surface area contributed by atoms with Gasteiger partial charge in [0, 0.05) is 50.5 Å². The van der Waals surface area contributed by atoms with Crippen LogP contribution in [-0.4, -0.2) is 47.0 Å². The number of hydrogen-bond donors (Lipinski definition) is 0. The van der Waals surface area contributed by atoms with E-state index in [1.54, 1.807) is 6.20 Å². The number of piperazine rings is 1. The molecular formula is C14H22ClN3. The molecule has 0 aliphatic carbocycles. The standard InChI is InChI=1S/C14H22ClN3/c1-3-12(2)18-9-7-17(8-10-18)11-13-5-4-6-16-14(13)15/h4-6,12H,3,7-11H2,1-2H3. The highest BCUT2D eigenvalue weighted by molar-refractivity contribution is 6.30. The van der Waals surface area contributed by atoms with E-state index in [-0.39, 0.29) is 0 Å². The van der Waals surface area contributed by atoms with Crippen molar-refractivity contribution in [1.29, 1.82) is 0 Å². The van der Waals surface area contributed by atoms with Crippen molar-refractivity contribution in [3.05, 3.63) is 29.0 Å². The van der Waals surface area contributed by atoms with Gasteiger partial charge in [0.1, 0.15) is 5.15 Å². The van der Waals surface area contributed by atoms with E-state index in [2.05, 4.69) is 34.7 Å². The van der Waals surface area contributed by atoms with Crippen LogP contribution in [0, 0.1) is 0 Å². The van der Waals surface area contributed by atoms with Crippen molar-refractivity contribution in [2.75, 3.05) is 26.2 Å². The molecule has 0 radical (unpaired) electrons. The molecule has 1 aromatic rings. The fourth-order valence-electron chi connectivity index (χ4n) is 2.40. The minimum atomic E-state index is 0.641. The number of halogens is 1. The second-order valence-corrected chi connectivity index (χ2v) is 5.38. The summed E-state index contributed by atoms with van der Waals surface area (Å²) in [7, 11) is 0. The molecule has 2 rings (SSSR count). The Morgan fingerprint density at radius 2 is 2.06 bits per heavy atom. The Morgan fingerprint density at radius 1 is 1.33 bits per heavy atom. The maximum absolute atomic E-state index is 6.10. The lowest BCUT2D eigenvalue weighted by atomic mass is 10.2. The van der Waals surface area contributed by atoms with Crippen LogP contribution in [0.4, 0.5) is 0 Å². The average Bonchev–Trinajstić information content (AvgIpc) is 2.41. The summed E-state index contributed by atoms with van der Waals surface area (Å²) < 4.78 is 0. The van der Waals surface area contributed by atoms with Crippen LogP contribution in [0.15, 0.2) is 18.3 Å². The summed E-state index contributed by atoms with van der Waals surface area (Å²) in [5.41, 5.74) is 1.14. The zero-order valence-electron chi connectivity index (χ0n) is 11.3. The predicted octanol–water partition coefficient (Wildman–Crippen LogP) is 2.65. The maximum Gasteiger partial charge on any atom is 0.133 e. The summed E-state index contributed by atoms with van der Waals surface area (Å²) in [5, 5.41) is 0.641. The third-order valence-electron chi connectivity index (χ3n) is 3.85. The molecule has 1 atom stereocenters. The van der Waals surface area contributed by atoms with Crippen LogP contribution in [0.2, 0.25) is 5.15 Å². The van der Waals surface area contributed by atoms with Gasteiger partial charge < -0.3 is 0 Å². The predicted molar refractivity (Wildman–Crippen MR) is 75.9 cm³/mol. The molecule has 0 N–H and O–H groups in total. The highest BCUT2D eigenvalue weighted by Gasteiger charge is 2.20. The normalized spacial score (nSPS) is 19.9. The summed E-state index contributed by atoms with van der Waals surface area (Å²) in [4.78, 5) is 9.16. The van der Waals surface area contributed by atoms with Crippen molar-refractivity contribution < 1.29 is 0 Å². The first-order valence-corrected chi connectivity index (χ1v) is 7.14. The number of rotatable bonds is 4. The molecule has 0 spiro atoms. The van der Waals surface area contributed by atoms with Gasteiger partial charge in [-0.05, 0) is 19.4 Å². The Hall–Kier alpha value is -0.640. The molecule has 1 saturated heterocycles. The van der Waals surface area contributed by atoms with E-state index in [0.717, 1.165) is 38.3 Å². The van der Waals surface area contributed by atoms with E-state index in [0.29, 0.717) is 11.2 Å². The van der Waals surface area contributed by atoms with E-state index >= 15 is 0 Å². The first-order valence-electron chi connectivity index (χ1n) is 6.76. The van der Waals surface area contributed by atoms with Crippen LogP contribution in [-0.2, 0) is 6.54 Å². The molecule has 1 unspecified atom stereocenters. The maximum atomic E-state index is 6.10. The van der Waals surface area contributed by atoms with Crippen molar-refractivity contribution in [3.8, 4) is 0 Å². The SMILES string of the molecule is CCC(C)N1CCN(Cc2cccnc2Cl)CC1. The summed E-state index contributed by atoms with van der Waals surface area (Å²) in [5.74, 6) is 0. The lowest BCUT2D eigenvalue weighted by Crippen LogP contribution is -2.49. The molecule has 0 saturated carbocycles. The van der Waals surface area contributed by atoms with Gasteiger partial charge in [-0.2, -0.15) is 0 Å². The van der Waals surface area contributed by atoms with Crippen molar-refractivity contribution in [2.45, 2.75) is 32.9 Å². The van der Waals surface area contributed by atoms with Gasteiger partial charge in [0.05, 0.1) is 0 Å². The number of aromatic nitrogens is 1. The second kappa shape index (κ2) is 6.50. The number of pyridine rings is 1. The Balaban J connectivity index is 1.86. The summed E-state index contributed by atoms with van der Waals surface area (Å²) in [6, 6.07) is 4.72. The third-order valence-corrected chi connectivity index (χ3v) is 4.19. The number of hydrogen-bond acceptors (Lipinski definition) is 3. The van der Waals surface area contributed by atoms with Gasteiger partial charge in [-0.1, -0.05) is 24.6 Å². The quantitative estimate of drug-likeness (QED) is 0.782. The van der Waals surface area contributed by atoms with Gasteiger partial charge in [-0.3, -0.25) is 9.80 Å². The van der Waals surface area contributed by atoms with Crippen LogP contribution in [0.25, 0.3) is 0 Å².